The summed E-state index contributed by atoms with van der Waals surface area (Å²) < 4.78 is 5.75. The Morgan fingerprint density at radius 2 is 1.67 bits per heavy atom. The molecule has 1 N–H and O–H groups in total. The molecule has 1 unspecified atom stereocenters. The van der Waals surface area contributed by atoms with Crippen LogP contribution in [0.2, 0.25) is 5.02 Å². The van der Waals surface area contributed by atoms with Gasteiger partial charge in [0.25, 0.3) is 5.91 Å². The third kappa shape index (κ3) is 6.77. The number of nitrogens with one attached hydrogen (secondary N) is 1. The molecule has 0 radical (unpaired) electrons. The lowest BCUT2D eigenvalue weighted by Gasteiger charge is -2.31. The van der Waals surface area contributed by atoms with Crippen LogP contribution in [0.25, 0.3) is 0 Å². The number of hydrogen-bond donors (Lipinski definition) is 1. The van der Waals surface area contributed by atoms with Gasteiger partial charge >= 0.3 is 0 Å². The lowest BCUT2D eigenvalue weighted by atomic mass is 10.1. The molecule has 30 heavy (non-hydrogen) atoms. The summed E-state index contributed by atoms with van der Waals surface area (Å²) in [6, 6.07) is 12.6. The summed E-state index contributed by atoms with van der Waals surface area (Å²) in [5.41, 5.74) is 2.33. The summed E-state index contributed by atoms with van der Waals surface area (Å²) in [7, 11) is 0. The lowest BCUT2D eigenvalue weighted by molar-refractivity contribution is -0.142. The molecule has 0 aliphatic carbocycles. The van der Waals surface area contributed by atoms with Crippen LogP contribution in [0.5, 0.6) is 5.75 Å². The van der Waals surface area contributed by atoms with Crippen molar-refractivity contribution in [2.75, 3.05) is 6.61 Å². The van der Waals surface area contributed by atoms with Crippen molar-refractivity contribution >= 4 is 23.4 Å². The van der Waals surface area contributed by atoms with Crippen molar-refractivity contribution in [2.45, 2.75) is 59.7 Å². The van der Waals surface area contributed by atoms with Crippen LogP contribution < -0.4 is 10.1 Å². The number of carbonyl (C=O) groups is 2. The van der Waals surface area contributed by atoms with E-state index in [9.17, 15) is 9.59 Å². The van der Waals surface area contributed by atoms with Crippen LogP contribution in [0, 0.1) is 13.8 Å². The SMILES string of the molecule is Cc1cc(OCC(=O)N(Cc2ccccc2)C(C)C(=O)NC(C)(C)C)cc(C)c1Cl. The van der Waals surface area contributed by atoms with Crippen molar-refractivity contribution in [3.8, 4) is 5.75 Å². The Bertz CT molecular complexity index is 868. The van der Waals surface area contributed by atoms with Crippen LogP contribution >= 0.6 is 11.6 Å². The fourth-order valence-corrected chi connectivity index (χ4v) is 3.16. The molecule has 2 amide bonds. The maximum Gasteiger partial charge on any atom is 0.261 e. The minimum absolute atomic E-state index is 0.166. The van der Waals surface area contributed by atoms with E-state index in [1.165, 1.54) is 0 Å². The van der Waals surface area contributed by atoms with Crippen molar-refractivity contribution < 1.29 is 14.3 Å². The monoisotopic (exact) mass is 430 g/mol. The first-order chi connectivity index (χ1) is 14.0. The summed E-state index contributed by atoms with van der Waals surface area (Å²) in [4.78, 5) is 27.3. The second-order valence-electron chi connectivity index (χ2n) is 8.58. The third-order valence-electron chi connectivity index (χ3n) is 4.63. The minimum atomic E-state index is -0.644. The van der Waals surface area contributed by atoms with E-state index in [4.69, 9.17) is 16.3 Å². The first-order valence-corrected chi connectivity index (χ1v) is 10.4. The highest BCUT2D eigenvalue weighted by Gasteiger charge is 2.28. The molecule has 0 fully saturated rings. The number of rotatable bonds is 7. The predicted molar refractivity (Wildman–Crippen MR) is 121 cm³/mol. The highest BCUT2D eigenvalue weighted by Crippen LogP contribution is 2.26. The van der Waals surface area contributed by atoms with Gasteiger partial charge in [0.05, 0.1) is 0 Å². The van der Waals surface area contributed by atoms with Gasteiger partial charge in [0, 0.05) is 17.1 Å². The van der Waals surface area contributed by atoms with E-state index in [1.807, 2.05) is 65.0 Å². The molecule has 2 aromatic carbocycles. The van der Waals surface area contributed by atoms with Crippen molar-refractivity contribution in [2.24, 2.45) is 0 Å². The molecule has 0 spiro atoms. The topological polar surface area (TPSA) is 58.6 Å². The first kappa shape index (κ1) is 23.7. The Balaban J connectivity index is 2.18. The molecular formula is C24H31ClN2O3. The molecule has 5 nitrogen and oxygen atoms in total. The number of hydrogen-bond acceptors (Lipinski definition) is 3. The van der Waals surface area contributed by atoms with Crippen LogP contribution in [-0.4, -0.2) is 34.9 Å². The Hall–Kier alpha value is -2.53. The number of halogens is 1. The third-order valence-corrected chi connectivity index (χ3v) is 5.23. The minimum Gasteiger partial charge on any atom is -0.484 e. The molecule has 0 aliphatic rings. The summed E-state index contributed by atoms with van der Waals surface area (Å²) in [5.74, 6) is 0.111. The first-order valence-electron chi connectivity index (χ1n) is 10.0. The van der Waals surface area contributed by atoms with Gasteiger partial charge in [-0.1, -0.05) is 41.9 Å². The maximum absolute atomic E-state index is 13.1. The van der Waals surface area contributed by atoms with E-state index < -0.39 is 6.04 Å². The van der Waals surface area contributed by atoms with Gasteiger partial charge in [-0.2, -0.15) is 0 Å². The largest absolute Gasteiger partial charge is 0.484 e. The zero-order valence-corrected chi connectivity index (χ0v) is 19.3. The molecule has 162 valence electrons. The van der Waals surface area contributed by atoms with Gasteiger partial charge in [-0.05, 0) is 70.4 Å². The van der Waals surface area contributed by atoms with Crippen molar-refractivity contribution in [3.63, 3.8) is 0 Å². The van der Waals surface area contributed by atoms with Gasteiger partial charge in [0.1, 0.15) is 11.8 Å². The average molecular weight is 431 g/mol. The molecule has 0 heterocycles. The molecule has 2 aromatic rings. The Morgan fingerprint density at radius 1 is 1.10 bits per heavy atom. The van der Waals surface area contributed by atoms with Gasteiger partial charge in [-0.25, -0.2) is 0 Å². The Morgan fingerprint density at radius 3 is 2.20 bits per heavy atom. The Kier molecular flexibility index (Phi) is 7.90. The van der Waals surface area contributed by atoms with E-state index in [0.717, 1.165) is 16.7 Å². The van der Waals surface area contributed by atoms with Gasteiger partial charge in [-0.15, -0.1) is 0 Å². The van der Waals surface area contributed by atoms with Gasteiger partial charge in [0.15, 0.2) is 6.61 Å². The molecule has 0 saturated carbocycles. The quantitative estimate of drug-likeness (QED) is 0.694. The molecule has 0 saturated heterocycles. The summed E-state index contributed by atoms with van der Waals surface area (Å²) >= 11 is 6.21. The molecule has 0 aromatic heterocycles. The zero-order chi connectivity index (χ0) is 22.5. The second-order valence-corrected chi connectivity index (χ2v) is 8.96. The number of ether oxygens (including phenoxy) is 1. The number of benzene rings is 2. The summed E-state index contributed by atoms with van der Waals surface area (Å²) in [5, 5.41) is 3.63. The fraction of sp³-hybridized carbons (Fsp3) is 0.417. The normalized spacial score (nSPS) is 12.2. The molecule has 1 atom stereocenters. The molecule has 0 bridgehead atoms. The van der Waals surface area contributed by atoms with Gasteiger partial charge < -0.3 is 15.0 Å². The number of amides is 2. The van der Waals surface area contributed by atoms with Gasteiger partial charge in [-0.3, -0.25) is 9.59 Å². The zero-order valence-electron chi connectivity index (χ0n) is 18.6. The molecule has 2 rings (SSSR count). The molecule has 0 aliphatic heterocycles. The van der Waals surface area contributed by atoms with E-state index in [0.29, 0.717) is 17.3 Å². The van der Waals surface area contributed by atoms with E-state index in [-0.39, 0.29) is 24.0 Å². The molecule has 6 heteroatoms. The van der Waals surface area contributed by atoms with Crippen LogP contribution in [0.1, 0.15) is 44.4 Å². The van der Waals surface area contributed by atoms with Crippen molar-refractivity contribution in [3.05, 3.63) is 64.2 Å². The van der Waals surface area contributed by atoms with Crippen molar-refractivity contribution in [1.82, 2.24) is 10.2 Å². The van der Waals surface area contributed by atoms with E-state index in [1.54, 1.807) is 24.0 Å². The number of nitrogens with zero attached hydrogens (tertiary/aromatic N) is 1. The highest BCUT2D eigenvalue weighted by atomic mass is 35.5. The van der Waals surface area contributed by atoms with Crippen LogP contribution in [0.4, 0.5) is 0 Å². The highest BCUT2D eigenvalue weighted by molar-refractivity contribution is 6.32. The van der Waals surface area contributed by atoms with Crippen LogP contribution in [-0.2, 0) is 16.1 Å². The number of carbonyl (C=O) groups excluding carboxylic acids is 2. The number of aryl methyl sites for hydroxylation is 2. The predicted octanol–water partition coefficient (Wildman–Crippen LogP) is 4.67. The van der Waals surface area contributed by atoms with E-state index in [2.05, 4.69) is 5.32 Å². The van der Waals surface area contributed by atoms with Crippen molar-refractivity contribution in [1.29, 1.82) is 0 Å². The average Bonchev–Trinajstić information content (AvgIpc) is 2.67. The van der Waals surface area contributed by atoms with Crippen LogP contribution in [0.15, 0.2) is 42.5 Å². The Labute approximate surface area is 184 Å². The maximum atomic E-state index is 13.1. The smallest absolute Gasteiger partial charge is 0.261 e. The second kappa shape index (κ2) is 9.98. The fourth-order valence-electron chi connectivity index (χ4n) is 3.05. The van der Waals surface area contributed by atoms with E-state index >= 15 is 0 Å². The standard InChI is InChI=1S/C24H31ClN2O3/c1-16-12-20(13-17(2)22(16)25)30-15-21(28)27(14-19-10-8-7-9-11-19)18(3)23(29)26-24(4,5)6/h7-13,18H,14-15H2,1-6H3,(H,26,29). The van der Waals surface area contributed by atoms with Crippen LogP contribution in [0.3, 0.4) is 0 Å². The summed E-state index contributed by atoms with van der Waals surface area (Å²) in [6.45, 7) is 11.4. The molecular weight excluding hydrogens is 400 g/mol. The van der Waals surface area contributed by atoms with Gasteiger partial charge in [0.2, 0.25) is 5.91 Å². The lowest BCUT2D eigenvalue weighted by Crippen LogP contribution is -2.53. The summed E-state index contributed by atoms with van der Waals surface area (Å²) in [6.07, 6.45) is 0.